The number of carbonyl (C=O) groups excluding carboxylic acids is 2. The molecule has 150 valence electrons. The zero-order valence-corrected chi connectivity index (χ0v) is 17.1. The Morgan fingerprint density at radius 1 is 1.10 bits per heavy atom. The fourth-order valence-corrected chi connectivity index (χ4v) is 3.86. The van der Waals surface area contributed by atoms with Crippen molar-refractivity contribution in [3.8, 4) is 0 Å². The monoisotopic (exact) mass is 390 g/mol. The van der Waals surface area contributed by atoms with Crippen LogP contribution >= 0.6 is 0 Å². The first-order valence-electron chi connectivity index (χ1n) is 10.0. The number of anilines is 1. The highest BCUT2D eigenvalue weighted by molar-refractivity contribution is 5.97. The summed E-state index contributed by atoms with van der Waals surface area (Å²) in [6.45, 7) is 6.93. The second-order valence-electron chi connectivity index (χ2n) is 8.71. The maximum absolute atomic E-state index is 12.7. The van der Waals surface area contributed by atoms with E-state index in [2.05, 4.69) is 17.1 Å². The highest BCUT2D eigenvalue weighted by Gasteiger charge is 2.32. The third kappa shape index (κ3) is 4.24. The number of aliphatic imine (C=N–C) groups is 1. The Balaban J connectivity index is 1.47. The van der Waals surface area contributed by atoms with Gasteiger partial charge in [-0.3, -0.25) is 9.79 Å². The van der Waals surface area contributed by atoms with E-state index in [4.69, 9.17) is 4.74 Å². The number of amides is 1. The minimum atomic E-state index is -0.519. The molecule has 0 aromatic heterocycles. The van der Waals surface area contributed by atoms with E-state index in [9.17, 15) is 9.59 Å². The van der Waals surface area contributed by atoms with E-state index >= 15 is 0 Å². The topological polar surface area (TPSA) is 59.0 Å². The van der Waals surface area contributed by atoms with Gasteiger partial charge in [0.05, 0.1) is 12.1 Å². The van der Waals surface area contributed by atoms with Gasteiger partial charge in [0.1, 0.15) is 5.60 Å². The predicted molar refractivity (Wildman–Crippen MR) is 114 cm³/mol. The van der Waals surface area contributed by atoms with Crippen LogP contribution in [0.25, 0.3) is 0 Å². The highest BCUT2D eigenvalue weighted by atomic mass is 16.6. The van der Waals surface area contributed by atoms with Crippen molar-refractivity contribution in [2.24, 2.45) is 4.99 Å². The van der Waals surface area contributed by atoms with Crippen molar-refractivity contribution in [3.63, 3.8) is 0 Å². The van der Waals surface area contributed by atoms with Crippen LogP contribution in [0.2, 0.25) is 0 Å². The summed E-state index contributed by atoms with van der Waals surface area (Å²) >= 11 is 0. The van der Waals surface area contributed by atoms with Crippen LogP contribution in [0.4, 0.5) is 5.69 Å². The van der Waals surface area contributed by atoms with Crippen LogP contribution in [0, 0.1) is 0 Å². The molecule has 29 heavy (non-hydrogen) atoms. The van der Waals surface area contributed by atoms with Crippen molar-refractivity contribution in [1.82, 2.24) is 0 Å². The van der Waals surface area contributed by atoms with Gasteiger partial charge in [-0.1, -0.05) is 18.2 Å². The summed E-state index contributed by atoms with van der Waals surface area (Å²) in [7, 11) is 0. The average Bonchev–Trinajstić information content (AvgIpc) is 3.08. The number of esters is 1. The summed E-state index contributed by atoms with van der Waals surface area (Å²) in [5, 5.41) is 0. The summed E-state index contributed by atoms with van der Waals surface area (Å²) in [6, 6.07) is 13.7. The molecule has 2 heterocycles. The van der Waals surface area contributed by atoms with Crippen LogP contribution in [0.1, 0.15) is 60.2 Å². The number of fused-ring (bicyclic) bond motifs is 1. The number of carbonyl (C=O) groups is 2. The molecule has 4 rings (SSSR count). The molecule has 0 spiro atoms. The molecule has 0 aliphatic carbocycles. The quantitative estimate of drug-likeness (QED) is 0.735. The van der Waals surface area contributed by atoms with Gasteiger partial charge in [0, 0.05) is 37.2 Å². The summed E-state index contributed by atoms with van der Waals surface area (Å²) in [5.74, 6) is -0.0748. The molecule has 1 atom stereocenters. The molecule has 5 nitrogen and oxygen atoms in total. The number of hydrogen-bond acceptors (Lipinski definition) is 4. The van der Waals surface area contributed by atoms with E-state index in [1.165, 1.54) is 11.1 Å². The van der Waals surface area contributed by atoms with E-state index in [1.807, 2.05) is 50.1 Å². The number of ether oxygens (including phenoxy) is 1. The molecule has 0 saturated carbocycles. The van der Waals surface area contributed by atoms with Crippen LogP contribution in [-0.2, 0) is 22.5 Å². The van der Waals surface area contributed by atoms with Gasteiger partial charge in [-0.2, -0.15) is 0 Å². The lowest BCUT2D eigenvalue weighted by Gasteiger charge is -2.20. The largest absolute Gasteiger partial charge is 0.456 e. The average molecular weight is 390 g/mol. The lowest BCUT2D eigenvalue weighted by Crippen LogP contribution is -2.24. The lowest BCUT2D eigenvalue weighted by atomic mass is 9.97. The van der Waals surface area contributed by atoms with Crippen molar-refractivity contribution in [3.05, 3.63) is 64.7 Å². The molecule has 2 aromatic carbocycles. The van der Waals surface area contributed by atoms with Crippen LogP contribution in [0.5, 0.6) is 0 Å². The molecule has 2 aliphatic rings. The Morgan fingerprint density at radius 3 is 2.59 bits per heavy atom. The van der Waals surface area contributed by atoms with Gasteiger partial charge >= 0.3 is 5.97 Å². The fourth-order valence-electron chi connectivity index (χ4n) is 3.86. The first kappa shape index (κ1) is 19.4. The van der Waals surface area contributed by atoms with Gasteiger partial charge in [-0.05, 0) is 61.7 Å². The fraction of sp³-hybridized carbons (Fsp3) is 0.375. The first-order valence-corrected chi connectivity index (χ1v) is 10.0. The Labute approximate surface area is 171 Å². The van der Waals surface area contributed by atoms with Crippen molar-refractivity contribution in [2.75, 3.05) is 11.4 Å². The zero-order valence-electron chi connectivity index (χ0n) is 17.1. The van der Waals surface area contributed by atoms with Gasteiger partial charge < -0.3 is 9.64 Å². The van der Waals surface area contributed by atoms with Crippen LogP contribution in [-0.4, -0.2) is 30.2 Å². The number of rotatable bonds is 3. The van der Waals surface area contributed by atoms with Crippen molar-refractivity contribution < 1.29 is 14.3 Å². The van der Waals surface area contributed by atoms with E-state index in [1.54, 1.807) is 12.1 Å². The SMILES string of the molecule is CC(C)(C)OC(=O)c1ccc(C2CC(=O)N(c3ccc4c(c3)CC=NC4)C2)cc1. The molecular weight excluding hydrogens is 364 g/mol. The molecule has 0 radical (unpaired) electrons. The van der Waals surface area contributed by atoms with Crippen LogP contribution in [0.15, 0.2) is 47.5 Å². The minimum Gasteiger partial charge on any atom is -0.456 e. The summed E-state index contributed by atoms with van der Waals surface area (Å²) < 4.78 is 5.42. The molecular formula is C24H26N2O3. The van der Waals surface area contributed by atoms with E-state index in [0.717, 1.165) is 24.2 Å². The third-order valence-electron chi connectivity index (χ3n) is 5.35. The molecule has 1 unspecified atom stereocenters. The van der Waals surface area contributed by atoms with Crippen molar-refractivity contribution >= 4 is 23.8 Å². The second-order valence-corrected chi connectivity index (χ2v) is 8.71. The second kappa shape index (κ2) is 7.47. The van der Waals surface area contributed by atoms with E-state index < -0.39 is 5.60 Å². The minimum absolute atomic E-state index is 0.118. The van der Waals surface area contributed by atoms with Gasteiger partial charge in [0.15, 0.2) is 0 Å². The van der Waals surface area contributed by atoms with Crippen molar-refractivity contribution in [1.29, 1.82) is 0 Å². The first-order chi connectivity index (χ1) is 13.8. The number of benzene rings is 2. The predicted octanol–water partition coefficient (Wildman–Crippen LogP) is 4.29. The number of hydrogen-bond donors (Lipinski definition) is 0. The third-order valence-corrected chi connectivity index (χ3v) is 5.35. The maximum atomic E-state index is 12.7. The van der Waals surface area contributed by atoms with Crippen LogP contribution in [0.3, 0.4) is 0 Å². The Morgan fingerprint density at radius 2 is 1.86 bits per heavy atom. The van der Waals surface area contributed by atoms with Crippen molar-refractivity contribution in [2.45, 2.75) is 51.7 Å². The molecule has 0 N–H and O–H groups in total. The normalized spacial score (nSPS) is 18.7. The molecule has 2 aromatic rings. The smallest absolute Gasteiger partial charge is 0.338 e. The Hall–Kier alpha value is -2.95. The van der Waals surface area contributed by atoms with E-state index in [-0.39, 0.29) is 17.8 Å². The summed E-state index contributed by atoms with van der Waals surface area (Å²) in [6.07, 6.45) is 3.23. The molecule has 1 amide bonds. The van der Waals surface area contributed by atoms with Crippen LogP contribution < -0.4 is 4.90 Å². The highest BCUT2D eigenvalue weighted by Crippen LogP contribution is 2.33. The zero-order chi connectivity index (χ0) is 20.6. The van der Waals surface area contributed by atoms with Gasteiger partial charge in [0.25, 0.3) is 0 Å². The Bertz CT molecular complexity index is 971. The molecule has 1 fully saturated rings. The lowest BCUT2D eigenvalue weighted by molar-refractivity contribution is -0.117. The van der Waals surface area contributed by atoms with Gasteiger partial charge in [-0.25, -0.2) is 4.79 Å². The molecule has 0 bridgehead atoms. The Kier molecular flexibility index (Phi) is 4.99. The molecule has 1 saturated heterocycles. The summed E-state index contributed by atoms with van der Waals surface area (Å²) in [4.78, 5) is 31.1. The summed E-state index contributed by atoms with van der Waals surface area (Å²) in [5.41, 5.74) is 4.51. The molecule has 2 aliphatic heterocycles. The molecule has 5 heteroatoms. The van der Waals surface area contributed by atoms with E-state index in [0.29, 0.717) is 18.5 Å². The number of nitrogens with zero attached hydrogens (tertiary/aromatic N) is 2. The maximum Gasteiger partial charge on any atom is 0.338 e. The standard InChI is InChI=1S/C24H26N2O3/c1-24(2,3)29-23(28)17-6-4-16(5-7-17)20-13-22(27)26(15-20)21-9-8-19-14-25-11-10-18(19)12-21/h4-9,11-12,20H,10,13-15H2,1-3H3. The van der Waals surface area contributed by atoms with Gasteiger partial charge in [-0.15, -0.1) is 0 Å². The van der Waals surface area contributed by atoms with Gasteiger partial charge in [0.2, 0.25) is 5.91 Å².